The molecular formula is C11H25N. The van der Waals surface area contributed by atoms with Crippen molar-refractivity contribution in [3.8, 4) is 0 Å². The molecule has 0 bridgehead atoms. The second-order valence-corrected chi connectivity index (χ2v) is 4.34. The molecule has 0 aromatic rings. The first-order chi connectivity index (χ1) is 5.64. The average Bonchev–Trinajstić information content (AvgIpc) is 2.08. The maximum atomic E-state index is 5.59. The van der Waals surface area contributed by atoms with Crippen LogP contribution in [0.3, 0.4) is 0 Å². The number of hydrogen-bond donors (Lipinski definition) is 1. The Labute approximate surface area is 77.7 Å². The molecule has 0 heterocycles. The van der Waals surface area contributed by atoms with E-state index in [9.17, 15) is 0 Å². The van der Waals surface area contributed by atoms with Crippen LogP contribution < -0.4 is 5.73 Å². The molecule has 0 radical (unpaired) electrons. The van der Waals surface area contributed by atoms with E-state index >= 15 is 0 Å². The third kappa shape index (κ3) is 4.10. The molecule has 1 fully saturated rings. The summed E-state index contributed by atoms with van der Waals surface area (Å²) in [5, 5.41) is 0. The lowest BCUT2D eigenvalue weighted by atomic mass is 9.73. The highest BCUT2D eigenvalue weighted by atomic mass is 14.6. The Kier molecular flexibility index (Phi) is 5.56. The van der Waals surface area contributed by atoms with Gasteiger partial charge >= 0.3 is 0 Å². The Morgan fingerprint density at radius 2 is 1.58 bits per heavy atom. The van der Waals surface area contributed by atoms with Crippen LogP contribution in [-0.4, -0.2) is 6.54 Å². The molecule has 1 heteroatoms. The fraction of sp³-hybridized carbons (Fsp3) is 1.00. The molecule has 1 aliphatic carbocycles. The van der Waals surface area contributed by atoms with Gasteiger partial charge in [0.1, 0.15) is 0 Å². The van der Waals surface area contributed by atoms with Gasteiger partial charge in [0.25, 0.3) is 0 Å². The second-order valence-electron chi connectivity index (χ2n) is 4.34. The second kappa shape index (κ2) is 5.58. The van der Waals surface area contributed by atoms with Gasteiger partial charge in [-0.3, -0.25) is 0 Å². The van der Waals surface area contributed by atoms with Crippen molar-refractivity contribution in [3.63, 3.8) is 0 Å². The van der Waals surface area contributed by atoms with Gasteiger partial charge in [-0.25, -0.2) is 0 Å². The van der Waals surface area contributed by atoms with Gasteiger partial charge in [-0.05, 0) is 43.6 Å². The van der Waals surface area contributed by atoms with E-state index in [1.54, 1.807) is 0 Å². The van der Waals surface area contributed by atoms with Crippen LogP contribution in [0.4, 0.5) is 0 Å². The highest BCUT2D eigenvalue weighted by molar-refractivity contribution is 4.78. The summed E-state index contributed by atoms with van der Waals surface area (Å²) in [7, 11) is 0. The molecule has 1 saturated carbocycles. The van der Waals surface area contributed by atoms with Crippen molar-refractivity contribution >= 4 is 0 Å². The summed E-state index contributed by atoms with van der Waals surface area (Å²) < 4.78 is 0. The quantitative estimate of drug-likeness (QED) is 0.644. The van der Waals surface area contributed by atoms with Crippen molar-refractivity contribution in [1.82, 2.24) is 0 Å². The summed E-state index contributed by atoms with van der Waals surface area (Å²) in [5.74, 6) is 0.827. The van der Waals surface area contributed by atoms with E-state index < -0.39 is 0 Å². The Morgan fingerprint density at radius 3 is 1.92 bits per heavy atom. The Balaban J connectivity index is 0.000000561. The van der Waals surface area contributed by atoms with E-state index in [2.05, 4.69) is 13.8 Å². The minimum absolute atomic E-state index is 0.603. The SMILES string of the molecule is CC.CC1(C)CCC(CN)CC1. The van der Waals surface area contributed by atoms with E-state index in [1.807, 2.05) is 13.8 Å². The third-order valence-corrected chi connectivity index (χ3v) is 2.79. The molecule has 74 valence electrons. The summed E-state index contributed by atoms with van der Waals surface area (Å²) in [6.45, 7) is 9.62. The minimum atomic E-state index is 0.603. The zero-order valence-electron chi connectivity index (χ0n) is 9.19. The summed E-state index contributed by atoms with van der Waals surface area (Å²) in [6.07, 6.45) is 5.44. The van der Waals surface area contributed by atoms with Gasteiger partial charge < -0.3 is 5.73 Å². The Morgan fingerprint density at radius 1 is 1.17 bits per heavy atom. The fourth-order valence-electron chi connectivity index (χ4n) is 1.69. The summed E-state index contributed by atoms with van der Waals surface area (Å²) in [4.78, 5) is 0. The monoisotopic (exact) mass is 171 g/mol. The van der Waals surface area contributed by atoms with Crippen molar-refractivity contribution in [3.05, 3.63) is 0 Å². The summed E-state index contributed by atoms with van der Waals surface area (Å²) >= 11 is 0. The molecule has 0 aromatic carbocycles. The smallest absolute Gasteiger partial charge is 0.00489 e. The molecule has 0 amide bonds. The molecule has 1 aliphatic rings. The van der Waals surface area contributed by atoms with Crippen LogP contribution in [-0.2, 0) is 0 Å². The van der Waals surface area contributed by atoms with Crippen molar-refractivity contribution in [2.24, 2.45) is 17.1 Å². The molecule has 0 unspecified atom stereocenters. The van der Waals surface area contributed by atoms with E-state index in [-0.39, 0.29) is 0 Å². The van der Waals surface area contributed by atoms with E-state index in [0.29, 0.717) is 5.41 Å². The average molecular weight is 171 g/mol. The first-order valence-electron chi connectivity index (χ1n) is 5.34. The Bertz CT molecular complexity index is 97.6. The van der Waals surface area contributed by atoms with Crippen LogP contribution in [0, 0.1) is 11.3 Å². The normalized spacial score (nSPS) is 22.8. The Hall–Kier alpha value is -0.0400. The number of hydrogen-bond acceptors (Lipinski definition) is 1. The van der Waals surface area contributed by atoms with Gasteiger partial charge in [-0.2, -0.15) is 0 Å². The van der Waals surface area contributed by atoms with Crippen LogP contribution in [0.1, 0.15) is 53.4 Å². The topological polar surface area (TPSA) is 26.0 Å². The molecule has 2 N–H and O–H groups in total. The lowest BCUT2D eigenvalue weighted by Crippen LogP contribution is -2.25. The van der Waals surface area contributed by atoms with Crippen molar-refractivity contribution in [2.45, 2.75) is 53.4 Å². The largest absolute Gasteiger partial charge is 0.330 e. The zero-order valence-corrected chi connectivity index (χ0v) is 9.19. The molecule has 1 nitrogen and oxygen atoms in total. The van der Waals surface area contributed by atoms with Crippen LogP contribution in [0.15, 0.2) is 0 Å². The van der Waals surface area contributed by atoms with Crippen LogP contribution in [0.25, 0.3) is 0 Å². The van der Waals surface area contributed by atoms with Gasteiger partial charge in [0.15, 0.2) is 0 Å². The van der Waals surface area contributed by atoms with Gasteiger partial charge in [0.05, 0.1) is 0 Å². The maximum Gasteiger partial charge on any atom is -0.00489 e. The third-order valence-electron chi connectivity index (χ3n) is 2.79. The highest BCUT2D eigenvalue weighted by Gasteiger charge is 2.25. The molecule has 0 spiro atoms. The summed E-state index contributed by atoms with van der Waals surface area (Å²) in [6, 6.07) is 0. The van der Waals surface area contributed by atoms with E-state index in [4.69, 9.17) is 5.73 Å². The van der Waals surface area contributed by atoms with Crippen molar-refractivity contribution < 1.29 is 0 Å². The molecule has 1 rings (SSSR count). The molecule has 0 aliphatic heterocycles. The van der Waals surface area contributed by atoms with Crippen LogP contribution >= 0.6 is 0 Å². The first kappa shape index (κ1) is 12.0. The maximum absolute atomic E-state index is 5.59. The van der Waals surface area contributed by atoms with Crippen LogP contribution in [0.2, 0.25) is 0 Å². The summed E-state index contributed by atoms with van der Waals surface area (Å²) in [5.41, 5.74) is 6.19. The molecule has 0 atom stereocenters. The molecule has 12 heavy (non-hydrogen) atoms. The standard InChI is InChI=1S/C9H19N.C2H6/c1-9(2)5-3-8(7-10)4-6-9;1-2/h8H,3-7,10H2,1-2H3;1-2H3. The fourth-order valence-corrected chi connectivity index (χ4v) is 1.69. The van der Waals surface area contributed by atoms with Gasteiger partial charge in [0.2, 0.25) is 0 Å². The van der Waals surface area contributed by atoms with E-state index in [0.717, 1.165) is 12.5 Å². The number of nitrogens with two attached hydrogens (primary N) is 1. The van der Waals surface area contributed by atoms with Crippen LogP contribution in [0.5, 0.6) is 0 Å². The lowest BCUT2D eigenvalue weighted by Gasteiger charge is -2.33. The lowest BCUT2D eigenvalue weighted by molar-refractivity contribution is 0.195. The van der Waals surface area contributed by atoms with Gasteiger partial charge in [-0.15, -0.1) is 0 Å². The molecule has 0 aromatic heterocycles. The highest BCUT2D eigenvalue weighted by Crippen LogP contribution is 2.37. The first-order valence-corrected chi connectivity index (χ1v) is 5.34. The van der Waals surface area contributed by atoms with Gasteiger partial charge in [-0.1, -0.05) is 27.7 Å². The van der Waals surface area contributed by atoms with Gasteiger partial charge in [0, 0.05) is 0 Å². The minimum Gasteiger partial charge on any atom is -0.330 e. The molecule has 0 saturated heterocycles. The van der Waals surface area contributed by atoms with Crippen molar-refractivity contribution in [1.29, 1.82) is 0 Å². The number of rotatable bonds is 1. The zero-order chi connectivity index (χ0) is 9.61. The van der Waals surface area contributed by atoms with Crippen molar-refractivity contribution in [2.75, 3.05) is 6.54 Å². The van der Waals surface area contributed by atoms with E-state index in [1.165, 1.54) is 25.7 Å². The predicted octanol–water partition coefficient (Wildman–Crippen LogP) is 3.19. The molecular weight excluding hydrogens is 146 g/mol. The predicted molar refractivity (Wildman–Crippen MR) is 56.1 cm³/mol.